The Morgan fingerprint density at radius 2 is 1.85 bits per heavy atom. The Balaban J connectivity index is 2.58. The largest absolute Gasteiger partial charge is 0.291 e. The van der Waals surface area contributed by atoms with Gasteiger partial charge in [-0.2, -0.15) is 0 Å². The minimum absolute atomic E-state index is 0.282. The van der Waals surface area contributed by atoms with E-state index in [1.165, 1.54) is 18.2 Å². The molecule has 0 aliphatic carbocycles. The molecule has 66 valence electrons. The van der Waals surface area contributed by atoms with Crippen molar-refractivity contribution in [2.45, 2.75) is 0 Å². The number of hydrogen-bond acceptors (Lipinski definition) is 4. The number of hydrogen-bond donors (Lipinski definition) is 3. The van der Waals surface area contributed by atoms with Gasteiger partial charge in [0.05, 0.1) is 16.8 Å². The molecule has 0 unspecified atom stereocenters. The molecular weight excluding hydrogens is 172 g/mol. The predicted molar refractivity (Wildman–Crippen MR) is 43.6 cm³/mol. The van der Waals surface area contributed by atoms with Crippen LogP contribution in [-0.4, -0.2) is 17.0 Å². The quantitative estimate of drug-likeness (QED) is 0.429. The molecule has 0 saturated heterocycles. The van der Waals surface area contributed by atoms with Gasteiger partial charge in [0.1, 0.15) is 0 Å². The van der Waals surface area contributed by atoms with E-state index in [-0.39, 0.29) is 5.56 Å². The van der Waals surface area contributed by atoms with E-state index < -0.39 is 11.8 Å². The molecule has 0 atom stereocenters. The summed E-state index contributed by atoms with van der Waals surface area (Å²) in [6.45, 7) is 0. The second kappa shape index (κ2) is 2.56. The van der Waals surface area contributed by atoms with E-state index in [2.05, 4.69) is 5.32 Å². The maximum absolute atomic E-state index is 11.1. The fourth-order valence-corrected chi connectivity index (χ4v) is 1.24. The van der Waals surface area contributed by atoms with Crippen molar-refractivity contribution in [3.63, 3.8) is 0 Å². The third-order valence-electron chi connectivity index (χ3n) is 1.86. The van der Waals surface area contributed by atoms with Gasteiger partial charge in [-0.1, -0.05) is 0 Å². The van der Waals surface area contributed by atoms with Gasteiger partial charge in [0.15, 0.2) is 0 Å². The molecular formula is C8H6N2O3. The summed E-state index contributed by atoms with van der Waals surface area (Å²) >= 11 is 0. The third kappa shape index (κ3) is 1.06. The number of carbonyl (C=O) groups excluding carboxylic acids is 2. The summed E-state index contributed by atoms with van der Waals surface area (Å²) in [4.78, 5) is 22.2. The number of carbonyl (C=O) groups is 2. The van der Waals surface area contributed by atoms with Crippen LogP contribution in [0.2, 0.25) is 0 Å². The van der Waals surface area contributed by atoms with E-state index in [1.807, 2.05) is 5.48 Å². The van der Waals surface area contributed by atoms with E-state index >= 15 is 0 Å². The molecule has 5 heteroatoms. The van der Waals surface area contributed by atoms with Crippen LogP contribution in [0, 0.1) is 0 Å². The fourth-order valence-electron chi connectivity index (χ4n) is 1.24. The van der Waals surface area contributed by atoms with Gasteiger partial charge in [0.2, 0.25) is 0 Å². The lowest BCUT2D eigenvalue weighted by molar-refractivity contribution is 0.0879. The molecule has 0 saturated carbocycles. The highest BCUT2D eigenvalue weighted by Crippen LogP contribution is 2.19. The zero-order valence-corrected chi connectivity index (χ0v) is 6.50. The van der Waals surface area contributed by atoms with Gasteiger partial charge >= 0.3 is 0 Å². The Hall–Kier alpha value is -1.88. The molecule has 0 fully saturated rings. The molecule has 2 rings (SSSR count). The number of rotatable bonds is 1. The normalized spacial score (nSPS) is 13.9. The van der Waals surface area contributed by atoms with E-state index in [0.29, 0.717) is 11.3 Å². The summed E-state index contributed by atoms with van der Waals surface area (Å²) in [5.41, 5.74) is 2.90. The van der Waals surface area contributed by atoms with Crippen molar-refractivity contribution in [1.29, 1.82) is 0 Å². The molecule has 0 radical (unpaired) electrons. The van der Waals surface area contributed by atoms with Crippen LogP contribution in [0.5, 0.6) is 0 Å². The van der Waals surface area contributed by atoms with Gasteiger partial charge in [-0.15, -0.1) is 0 Å². The first-order valence-corrected chi connectivity index (χ1v) is 3.62. The van der Waals surface area contributed by atoms with Crippen LogP contribution in [0.3, 0.4) is 0 Å². The summed E-state index contributed by atoms with van der Waals surface area (Å²) in [5.74, 6) is -0.832. The Bertz CT molecular complexity index is 400. The Morgan fingerprint density at radius 1 is 1.15 bits per heavy atom. The molecule has 0 spiro atoms. The number of anilines is 1. The minimum atomic E-state index is -0.433. The summed E-state index contributed by atoms with van der Waals surface area (Å²) in [6.07, 6.45) is 0. The fraction of sp³-hybridized carbons (Fsp3) is 0. The monoisotopic (exact) mass is 178 g/mol. The van der Waals surface area contributed by atoms with Crippen molar-refractivity contribution in [1.82, 2.24) is 5.32 Å². The van der Waals surface area contributed by atoms with E-state index in [9.17, 15) is 9.59 Å². The van der Waals surface area contributed by atoms with Crippen LogP contribution in [0.15, 0.2) is 18.2 Å². The van der Waals surface area contributed by atoms with Crippen molar-refractivity contribution in [3.05, 3.63) is 29.3 Å². The minimum Gasteiger partial charge on any atom is -0.291 e. The van der Waals surface area contributed by atoms with Crippen LogP contribution >= 0.6 is 0 Å². The summed E-state index contributed by atoms with van der Waals surface area (Å²) in [6, 6.07) is 4.40. The first kappa shape index (κ1) is 7.75. The first-order valence-electron chi connectivity index (χ1n) is 3.62. The highest BCUT2D eigenvalue weighted by molar-refractivity contribution is 6.21. The molecule has 3 N–H and O–H groups in total. The lowest BCUT2D eigenvalue weighted by atomic mass is 10.1. The first-order chi connectivity index (χ1) is 6.22. The van der Waals surface area contributed by atoms with Crippen molar-refractivity contribution < 1.29 is 14.8 Å². The summed E-state index contributed by atoms with van der Waals surface area (Å²) in [7, 11) is 0. The zero-order chi connectivity index (χ0) is 9.42. The standard InChI is InChI=1S/C8H6N2O3/c11-7-5-2-1-4(10-13)3-6(5)8(12)9-7/h1-3,10,13H,(H,9,11,12). The van der Waals surface area contributed by atoms with Crippen molar-refractivity contribution in [2.75, 3.05) is 5.48 Å². The van der Waals surface area contributed by atoms with Crippen molar-refractivity contribution in [3.8, 4) is 0 Å². The smallest absolute Gasteiger partial charge is 0.259 e. The Labute approximate surface area is 73.3 Å². The number of fused-ring (bicyclic) bond motifs is 1. The highest BCUT2D eigenvalue weighted by Gasteiger charge is 2.26. The molecule has 13 heavy (non-hydrogen) atoms. The number of amides is 2. The van der Waals surface area contributed by atoms with Crippen LogP contribution < -0.4 is 10.8 Å². The molecule has 1 aromatic rings. The Morgan fingerprint density at radius 3 is 2.54 bits per heavy atom. The lowest BCUT2D eigenvalue weighted by Gasteiger charge is -1.98. The SMILES string of the molecule is O=C1NC(=O)c2cc(NO)ccc21. The van der Waals surface area contributed by atoms with Crippen LogP contribution in [-0.2, 0) is 0 Å². The average Bonchev–Trinajstić information content (AvgIpc) is 2.42. The van der Waals surface area contributed by atoms with Gasteiger partial charge in [-0.3, -0.25) is 25.6 Å². The molecule has 0 bridgehead atoms. The number of benzene rings is 1. The average molecular weight is 178 g/mol. The van der Waals surface area contributed by atoms with Crippen LogP contribution in [0.25, 0.3) is 0 Å². The van der Waals surface area contributed by atoms with Crippen LogP contribution in [0.1, 0.15) is 20.7 Å². The predicted octanol–water partition coefficient (Wildman–Crippen LogP) is 0.371. The van der Waals surface area contributed by atoms with Gasteiger partial charge in [-0.05, 0) is 18.2 Å². The third-order valence-corrected chi connectivity index (χ3v) is 1.86. The summed E-state index contributed by atoms with van der Waals surface area (Å²) in [5, 5.41) is 10.7. The molecule has 1 heterocycles. The number of nitrogens with one attached hydrogen (secondary N) is 2. The Kier molecular flexibility index (Phi) is 1.53. The second-order valence-electron chi connectivity index (χ2n) is 2.66. The van der Waals surface area contributed by atoms with Gasteiger partial charge in [0, 0.05) is 0 Å². The zero-order valence-electron chi connectivity index (χ0n) is 6.50. The number of imide groups is 1. The maximum atomic E-state index is 11.1. The summed E-state index contributed by atoms with van der Waals surface area (Å²) < 4.78 is 0. The molecule has 0 aromatic heterocycles. The second-order valence-corrected chi connectivity index (χ2v) is 2.66. The maximum Gasteiger partial charge on any atom is 0.259 e. The molecule has 1 aliphatic heterocycles. The van der Waals surface area contributed by atoms with Gasteiger partial charge in [0.25, 0.3) is 11.8 Å². The highest BCUT2D eigenvalue weighted by atomic mass is 16.5. The topological polar surface area (TPSA) is 78.4 Å². The van der Waals surface area contributed by atoms with Crippen molar-refractivity contribution in [2.24, 2.45) is 0 Å². The van der Waals surface area contributed by atoms with Gasteiger partial charge in [-0.25, -0.2) is 0 Å². The molecule has 5 nitrogen and oxygen atoms in total. The van der Waals surface area contributed by atoms with Gasteiger partial charge < -0.3 is 0 Å². The van der Waals surface area contributed by atoms with E-state index in [1.54, 1.807) is 0 Å². The van der Waals surface area contributed by atoms with E-state index in [0.717, 1.165) is 0 Å². The van der Waals surface area contributed by atoms with E-state index in [4.69, 9.17) is 5.21 Å². The molecule has 1 aliphatic rings. The molecule has 1 aromatic carbocycles. The van der Waals surface area contributed by atoms with Crippen molar-refractivity contribution >= 4 is 17.5 Å². The lowest BCUT2D eigenvalue weighted by Crippen LogP contribution is -2.19. The van der Waals surface area contributed by atoms with Crippen LogP contribution in [0.4, 0.5) is 5.69 Å². The molecule has 2 amide bonds.